The summed E-state index contributed by atoms with van der Waals surface area (Å²) >= 11 is 9.67. The van der Waals surface area contributed by atoms with Gasteiger partial charge in [-0.15, -0.1) is 0 Å². The van der Waals surface area contributed by atoms with Gasteiger partial charge in [0, 0.05) is 15.3 Å². The Morgan fingerprint density at radius 3 is 2.70 bits per heavy atom. The highest BCUT2D eigenvalue weighted by molar-refractivity contribution is 9.10. The molecule has 1 aliphatic rings. The van der Waals surface area contributed by atoms with Gasteiger partial charge in [0.25, 0.3) is 11.8 Å². The summed E-state index contributed by atoms with van der Waals surface area (Å²) in [5.74, 6) is -1.20. The van der Waals surface area contributed by atoms with Gasteiger partial charge in [-0.05, 0) is 42.5 Å². The fourth-order valence-corrected chi connectivity index (χ4v) is 4.31. The Bertz CT molecular complexity index is 1280. The second kappa shape index (κ2) is 6.84. The number of amides is 2. The maximum Gasteiger partial charge on any atom is 0.279 e. The zero-order valence-corrected chi connectivity index (χ0v) is 16.7. The monoisotopic (exact) mass is 459 g/mol. The molecule has 3 aromatic rings. The van der Waals surface area contributed by atoms with E-state index in [1.54, 1.807) is 48.5 Å². The molecule has 0 saturated heterocycles. The van der Waals surface area contributed by atoms with Crippen molar-refractivity contribution in [2.45, 2.75) is 0 Å². The van der Waals surface area contributed by atoms with E-state index in [1.807, 2.05) is 0 Å². The van der Waals surface area contributed by atoms with Gasteiger partial charge in [0.15, 0.2) is 3.95 Å². The lowest BCUT2D eigenvalue weighted by Crippen LogP contribution is -2.23. The lowest BCUT2D eigenvalue weighted by atomic mass is 10.1. The second-order valence-electron chi connectivity index (χ2n) is 5.62. The first-order valence-corrected chi connectivity index (χ1v) is 9.72. The summed E-state index contributed by atoms with van der Waals surface area (Å²) in [6.07, 6.45) is 0. The van der Waals surface area contributed by atoms with Crippen molar-refractivity contribution in [3.63, 3.8) is 0 Å². The number of nitrogens with zero attached hydrogens (tertiary/aromatic N) is 2. The van der Waals surface area contributed by atoms with Crippen LogP contribution in [0.3, 0.4) is 0 Å². The number of nitrogens with one attached hydrogen (secondary N) is 1. The van der Waals surface area contributed by atoms with Crippen molar-refractivity contribution >= 4 is 56.9 Å². The van der Waals surface area contributed by atoms with Crippen LogP contribution in [0.5, 0.6) is 5.88 Å². The Kier molecular flexibility index (Phi) is 4.50. The summed E-state index contributed by atoms with van der Waals surface area (Å²) < 4.78 is 2.08. The van der Waals surface area contributed by atoms with E-state index < -0.39 is 11.8 Å². The highest BCUT2D eigenvalue weighted by atomic mass is 79.9. The molecule has 9 heteroatoms. The average Bonchev–Trinajstić information content (AvgIpc) is 3.12. The third-order valence-electron chi connectivity index (χ3n) is 3.93. The number of thiazole rings is 1. The van der Waals surface area contributed by atoms with Gasteiger partial charge in [-0.2, -0.15) is 4.68 Å². The molecule has 2 N–H and O–H groups in total. The first-order chi connectivity index (χ1) is 13.0. The number of carbonyl (C=O) groups is 2. The topological polar surface area (TPSA) is 83.7 Å². The number of rotatable bonds is 3. The van der Waals surface area contributed by atoms with Crippen molar-refractivity contribution in [1.29, 1.82) is 0 Å². The van der Waals surface area contributed by atoms with Crippen molar-refractivity contribution in [2.75, 3.05) is 5.43 Å². The quantitative estimate of drug-likeness (QED) is 0.589. The SMILES string of the molecule is O=C1N=c2ccc(Br)cc2=C1c1sc(=S)n(NC(=O)c2ccccc2)c1O. The molecule has 27 heavy (non-hydrogen) atoms. The first kappa shape index (κ1) is 17.8. The summed E-state index contributed by atoms with van der Waals surface area (Å²) in [5, 5.41) is 11.8. The number of hydrogen-bond acceptors (Lipinski definition) is 5. The van der Waals surface area contributed by atoms with Gasteiger partial charge in [-0.1, -0.05) is 45.5 Å². The molecule has 0 saturated carbocycles. The molecule has 0 atom stereocenters. The third-order valence-corrected chi connectivity index (χ3v) is 5.80. The number of carbonyl (C=O) groups excluding carboxylic acids is 2. The van der Waals surface area contributed by atoms with Gasteiger partial charge in [0.05, 0.1) is 10.9 Å². The van der Waals surface area contributed by atoms with Crippen molar-refractivity contribution in [2.24, 2.45) is 4.99 Å². The molecule has 1 aromatic heterocycles. The fourth-order valence-electron chi connectivity index (χ4n) is 2.69. The van der Waals surface area contributed by atoms with Gasteiger partial charge in [-0.3, -0.25) is 15.0 Å². The van der Waals surface area contributed by atoms with Crippen LogP contribution < -0.4 is 16.0 Å². The zero-order valence-electron chi connectivity index (χ0n) is 13.5. The van der Waals surface area contributed by atoms with Gasteiger partial charge < -0.3 is 5.11 Å². The third kappa shape index (κ3) is 3.14. The lowest BCUT2D eigenvalue weighted by Gasteiger charge is -2.07. The standard InChI is InChI=1S/C18H10BrN3O3S2/c19-10-6-7-12-11(8-10)13(16(24)20-12)14-17(25)22(18(26)27-14)21-15(23)9-4-2-1-3-5-9/h1-8,25H,(H,21,23). The van der Waals surface area contributed by atoms with Gasteiger partial charge in [-0.25, -0.2) is 4.99 Å². The summed E-state index contributed by atoms with van der Waals surface area (Å²) in [5.41, 5.74) is 3.23. The second-order valence-corrected chi connectivity index (χ2v) is 8.18. The molecular formula is C18H10BrN3O3S2. The van der Waals surface area contributed by atoms with Crippen molar-refractivity contribution < 1.29 is 14.7 Å². The molecule has 0 aliphatic carbocycles. The molecular weight excluding hydrogens is 450 g/mol. The van der Waals surface area contributed by atoms with E-state index in [0.717, 1.165) is 20.5 Å². The Balaban J connectivity index is 1.82. The van der Waals surface area contributed by atoms with Crippen LogP contribution in [0.25, 0.3) is 5.57 Å². The molecule has 0 bridgehead atoms. The average molecular weight is 460 g/mol. The van der Waals surface area contributed by atoms with Crippen LogP contribution in [-0.2, 0) is 4.79 Å². The number of benzene rings is 2. The van der Waals surface area contributed by atoms with Crippen molar-refractivity contribution in [3.8, 4) is 5.88 Å². The minimum atomic E-state index is -0.462. The van der Waals surface area contributed by atoms with E-state index in [4.69, 9.17) is 12.2 Å². The molecule has 0 fully saturated rings. The van der Waals surface area contributed by atoms with E-state index in [2.05, 4.69) is 26.3 Å². The molecule has 6 nitrogen and oxygen atoms in total. The molecule has 2 amide bonds. The summed E-state index contributed by atoms with van der Waals surface area (Å²) in [7, 11) is 0. The Labute approximate surface area is 170 Å². The molecule has 0 spiro atoms. The van der Waals surface area contributed by atoms with Crippen molar-refractivity contribution in [1.82, 2.24) is 4.68 Å². The molecule has 134 valence electrons. The zero-order chi connectivity index (χ0) is 19.1. The van der Waals surface area contributed by atoms with E-state index >= 15 is 0 Å². The van der Waals surface area contributed by atoms with Crippen LogP contribution >= 0.6 is 39.5 Å². The Hall–Kier alpha value is -2.62. The number of aromatic hydroxyl groups is 1. The van der Waals surface area contributed by atoms with Gasteiger partial charge in [0.2, 0.25) is 5.88 Å². The van der Waals surface area contributed by atoms with Crippen LogP contribution in [0.4, 0.5) is 0 Å². The van der Waals surface area contributed by atoms with Gasteiger partial charge in [0.1, 0.15) is 4.88 Å². The molecule has 4 rings (SSSR count). The number of aromatic nitrogens is 1. The minimum absolute atomic E-state index is 0.204. The largest absolute Gasteiger partial charge is 0.492 e. The molecule has 1 aliphatic heterocycles. The van der Waals surface area contributed by atoms with Crippen LogP contribution in [0.1, 0.15) is 15.2 Å². The summed E-state index contributed by atoms with van der Waals surface area (Å²) in [4.78, 5) is 29.0. The number of hydrogen-bond donors (Lipinski definition) is 2. The van der Waals surface area contributed by atoms with E-state index in [0.29, 0.717) is 16.1 Å². The Morgan fingerprint density at radius 2 is 1.96 bits per heavy atom. The summed E-state index contributed by atoms with van der Waals surface area (Å²) in [6, 6.07) is 13.8. The first-order valence-electron chi connectivity index (χ1n) is 7.70. The maximum absolute atomic E-state index is 12.4. The highest BCUT2D eigenvalue weighted by Crippen LogP contribution is 2.32. The number of fused-ring (bicyclic) bond motifs is 1. The predicted molar refractivity (Wildman–Crippen MR) is 107 cm³/mol. The molecule has 2 aromatic carbocycles. The van der Waals surface area contributed by atoms with Crippen molar-refractivity contribution in [3.05, 3.63) is 78.0 Å². The van der Waals surface area contributed by atoms with E-state index in [1.165, 1.54) is 0 Å². The van der Waals surface area contributed by atoms with Crippen LogP contribution in [-0.4, -0.2) is 21.6 Å². The van der Waals surface area contributed by atoms with E-state index in [-0.39, 0.29) is 20.3 Å². The van der Waals surface area contributed by atoms with Crippen LogP contribution in [0.15, 0.2) is 58.0 Å². The lowest BCUT2D eigenvalue weighted by molar-refractivity contribution is -0.112. The highest BCUT2D eigenvalue weighted by Gasteiger charge is 2.26. The Morgan fingerprint density at radius 1 is 1.22 bits per heavy atom. The van der Waals surface area contributed by atoms with E-state index in [9.17, 15) is 14.7 Å². The van der Waals surface area contributed by atoms with Crippen LogP contribution in [0.2, 0.25) is 0 Å². The minimum Gasteiger partial charge on any atom is -0.492 e. The number of halogens is 1. The maximum atomic E-state index is 12.4. The molecule has 0 radical (unpaired) electrons. The summed E-state index contributed by atoms with van der Waals surface area (Å²) in [6.45, 7) is 0. The van der Waals surface area contributed by atoms with Gasteiger partial charge >= 0.3 is 0 Å². The smallest absolute Gasteiger partial charge is 0.279 e. The van der Waals surface area contributed by atoms with Crippen LogP contribution in [0, 0.1) is 3.95 Å². The molecule has 2 heterocycles. The fraction of sp³-hybridized carbons (Fsp3) is 0. The molecule has 0 unspecified atom stereocenters. The normalized spacial score (nSPS) is 12.6. The predicted octanol–water partition coefficient (Wildman–Crippen LogP) is 2.49.